The van der Waals surface area contributed by atoms with Gasteiger partial charge < -0.3 is 19.7 Å². The van der Waals surface area contributed by atoms with Gasteiger partial charge in [0.15, 0.2) is 0 Å². The highest BCUT2D eigenvalue weighted by Crippen LogP contribution is 2.76. The first-order valence-electron chi connectivity index (χ1n) is 15.2. The zero-order valence-electron chi connectivity index (χ0n) is 25.0. The summed E-state index contributed by atoms with van der Waals surface area (Å²) >= 11 is 0. The van der Waals surface area contributed by atoms with Crippen LogP contribution in [-0.2, 0) is 14.3 Å². The molecule has 2 N–H and O–H groups in total. The molecule has 1 saturated heterocycles. The zero-order chi connectivity index (χ0) is 27.4. The smallest absolute Gasteiger partial charge is 0.302 e. The predicted octanol–water partition coefficient (Wildman–Crippen LogP) is 6.28. The standard InChI is InChI=1S/C32H54O5/c1-19(33)36-22-18-21-20(32(9)17-13-25(37-32)28(4,5)35)10-15-30(21,7)31(8)16-11-23-27(2,3)24(34)12-14-29(23,6)26(22)31/h20-26,34-35H,10-18H2,1-9H3/t20-,21?,22?,23?,24+,25-,26?,29-,30+,31+,32?/m0/s1. The highest BCUT2D eigenvalue weighted by Gasteiger charge is 2.72. The van der Waals surface area contributed by atoms with E-state index in [0.717, 1.165) is 51.4 Å². The summed E-state index contributed by atoms with van der Waals surface area (Å²) < 4.78 is 13.1. The fraction of sp³-hybridized carbons (Fsp3) is 0.969. The van der Waals surface area contributed by atoms with Gasteiger partial charge in [-0.2, -0.15) is 0 Å². The first-order chi connectivity index (χ1) is 16.9. The SMILES string of the molecule is CC(=O)OC1CC2[C@@H](C3(C)CC[C@@H](C(C)(C)O)O3)CC[C@@]2(C)[C@]2(C)CCC3C(C)(C)[C@H](O)CC[C@]3(C)C12. The van der Waals surface area contributed by atoms with Crippen molar-refractivity contribution in [2.45, 2.75) is 150 Å². The number of hydrogen-bond donors (Lipinski definition) is 2. The van der Waals surface area contributed by atoms with Gasteiger partial charge in [-0.15, -0.1) is 0 Å². The number of aliphatic hydroxyl groups is 2. The summed E-state index contributed by atoms with van der Waals surface area (Å²) in [7, 11) is 0. The molecule has 1 heterocycles. The van der Waals surface area contributed by atoms with E-state index in [1.165, 1.54) is 6.42 Å². The van der Waals surface area contributed by atoms with Gasteiger partial charge in [-0.3, -0.25) is 4.79 Å². The summed E-state index contributed by atoms with van der Waals surface area (Å²) in [5.41, 5.74) is -1.00. The third-order valence-electron chi connectivity index (χ3n) is 13.5. The van der Waals surface area contributed by atoms with Gasteiger partial charge in [0.2, 0.25) is 0 Å². The van der Waals surface area contributed by atoms with Crippen LogP contribution < -0.4 is 0 Å². The lowest BCUT2D eigenvalue weighted by Crippen LogP contribution is -2.68. The molecule has 0 aromatic carbocycles. The molecule has 1 aliphatic heterocycles. The zero-order valence-corrected chi connectivity index (χ0v) is 25.0. The van der Waals surface area contributed by atoms with Crippen molar-refractivity contribution in [2.24, 2.45) is 45.3 Å². The Morgan fingerprint density at radius 3 is 2.14 bits per heavy atom. The van der Waals surface area contributed by atoms with Crippen molar-refractivity contribution in [3.63, 3.8) is 0 Å². The minimum Gasteiger partial charge on any atom is -0.462 e. The van der Waals surface area contributed by atoms with Crippen LogP contribution in [0.3, 0.4) is 0 Å². The van der Waals surface area contributed by atoms with E-state index in [2.05, 4.69) is 41.5 Å². The highest BCUT2D eigenvalue weighted by molar-refractivity contribution is 5.66. The number of esters is 1. The van der Waals surface area contributed by atoms with Crippen LogP contribution in [0.2, 0.25) is 0 Å². The molecule has 4 aliphatic carbocycles. The quantitative estimate of drug-likeness (QED) is 0.430. The van der Waals surface area contributed by atoms with Crippen molar-refractivity contribution in [3.05, 3.63) is 0 Å². The summed E-state index contributed by atoms with van der Waals surface area (Å²) in [6.07, 6.45) is 8.65. The molecule has 4 saturated carbocycles. The Labute approximate surface area is 225 Å². The maximum absolute atomic E-state index is 12.5. The van der Waals surface area contributed by atoms with Crippen LogP contribution in [0, 0.1) is 45.3 Å². The first-order valence-corrected chi connectivity index (χ1v) is 15.2. The maximum Gasteiger partial charge on any atom is 0.302 e. The normalized spacial score (nSPS) is 53.2. The van der Waals surface area contributed by atoms with Gasteiger partial charge in [0.25, 0.3) is 0 Å². The molecule has 0 spiro atoms. The average Bonchev–Trinajstić information content (AvgIpc) is 3.33. The second-order valence-electron chi connectivity index (χ2n) is 16.0. The third-order valence-corrected chi connectivity index (χ3v) is 13.5. The van der Waals surface area contributed by atoms with E-state index in [0.29, 0.717) is 17.8 Å². The van der Waals surface area contributed by atoms with Crippen LogP contribution in [0.5, 0.6) is 0 Å². The molecule has 5 aliphatic rings. The summed E-state index contributed by atoms with van der Waals surface area (Å²) in [6.45, 7) is 19.7. The molecular weight excluding hydrogens is 464 g/mol. The summed E-state index contributed by atoms with van der Waals surface area (Å²) in [5, 5.41) is 21.7. The maximum atomic E-state index is 12.5. The Balaban J connectivity index is 1.54. The molecule has 5 heteroatoms. The second kappa shape index (κ2) is 8.43. The van der Waals surface area contributed by atoms with E-state index in [1.807, 2.05) is 13.8 Å². The minimum atomic E-state index is -0.838. The summed E-state index contributed by atoms with van der Waals surface area (Å²) in [6, 6.07) is 0. The van der Waals surface area contributed by atoms with Gasteiger partial charge in [0, 0.05) is 12.8 Å². The molecule has 0 aromatic rings. The Bertz CT molecular complexity index is 923. The molecule has 0 radical (unpaired) electrons. The van der Waals surface area contributed by atoms with E-state index >= 15 is 0 Å². The van der Waals surface area contributed by atoms with Gasteiger partial charge in [0.1, 0.15) is 6.10 Å². The largest absolute Gasteiger partial charge is 0.462 e. The first kappa shape index (κ1) is 27.9. The second-order valence-corrected chi connectivity index (χ2v) is 16.0. The van der Waals surface area contributed by atoms with Crippen molar-refractivity contribution >= 4 is 5.97 Å². The number of fused-ring (bicyclic) bond motifs is 5. The Hall–Kier alpha value is -0.650. The van der Waals surface area contributed by atoms with E-state index in [-0.39, 0.29) is 57.5 Å². The van der Waals surface area contributed by atoms with Gasteiger partial charge in [-0.1, -0.05) is 34.6 Å². The van der Waals surface area contributed by atoms with Crippen LogP contribution in [0.25, 0.3) is 0 Å². The van der Waals surface area contributed by atoms with Crippen LogP contribution in [0.15, 0.2) is 0 Å². The van der Waals surface area contributed by atoms with Crippen LogP contribution >= 0.6 is 0 Å². The molecule has 0 amide bonds. The molecule has 0 aromatic heterocycles. The van der Waals surface area contributed by atoms with Gasteiger partial charge in [0.05, 0.1) is 23.4 Å². The molecule has 212 valence electrons. The van der Waals surface area contributed by atoms with Crippen molar-refractivity contribution in [1.82, 2.24) is 0 Å². The molecule has 5 rings (SSSR count). The number of carbonyl (C=O) groups excluding carboxylic acids is 1. The van der Waals surface area contributed by atoms with E-state index in [4.69, 9.17) is 9.47 Å². The molecule has 11 atom stereocenters. The third kappa shape index (κ3) is 3.83. The molecule has 0 bridgehead atoms. The molecule has 5 nitrogen and oxygen atoms in total. The van der Waals surface area contributed by atoms with Crippen LogP contribution in [-0.4, -0.2) is 45.7 Å². The number of aliphatic hydroxyl groups excluding tert-OH is 1. The van der Waals surface area contributed by atoms with Crippen molar-refractivity contribution in [2.75, 3.05) is 0 Å². The molecule has 5 unspecified atom stereocenters. The van der Waals surface area contributed by atoms with Gasteiger partial charge in [-0.25, -0.2) is 0 Å². The number of ether oxygens (including phenoxy) is 2. The molecular formula is C32H54O5. The van der Waals surface area contributed by atoms with E-state index in [1.54, 1.807) is 6.92 Å². The lowest BCUT2D eigenvalue weighted by atomic mass is 9.35. The Kier molecular flexibility index (Phi) is 6.35. The van der Waals surface area contributed by atoms with Gasteiger partial charge in [-0.05, 0) is 118 Å². The fourth-order valence-corrected chi connectivity index (χ4v) is 11.4. The Morgan fingerprint density at radius 1 is 0.892 bits per heavy atom. The Morgan fingerprint density at radius 2 is 1.54 bits per heavy atom. The fourth-order valence-electron chi connectivity index (χ4n) is 11.4. The van der Waals surface area contributed by atoms with E-state index < -0.39 is 5.60 Å². The number of hydrogen-bond acceptors (Lipinski definition) is 5. The average molecular weight is 519 g/mol. The van der Waals surface area contributed by atoms with Crippen molar-refractivity contribution in [1.29, 1.82) is 0 Å². The molecule has 5 fully saturated rings. The number of carbonyl (C=O) groups is 1. The van der Waals surface area contributed by atoms with Crippen LogP contribution in [0.1, 0.15) is 120 Å². The monoisotopic (exact) mass is 518 g/mol. The summed E-state index contributed by atoms with van der Waals surface area (Å²) in [5.74, 6) is 1.36. The predicted molar refractivity (Wildman–Crippen MR) is 145 cm³/mol. The topological polar surface area (TPSA) is 76.0 Å². The van der Waals surface area contributed by atoms with Crippen molar-refractivity contribution in [3.8, 4) is 0 Å². The van der Waals surface area contributed by atoms with Crippen LogP contribution in [0.4, 0.5) is 0 Å². The lowest BCUT2D eigenvalue weighted by molar-refractivity contribution is -0.261. The highest BCUT2D eigenvalue weighted by atomic mass is 16.5. The summed E-state index contributed by atoms with van der Waals surface area (Å²) in [4.78, 5) is 12.5. The molecule has 37 heavy (non-hydrogen) atoms. The lowest BCUT2D eigenvalue weighted by Gasteiger charge is -2.71. The van der Waals surface area contributed by atoms with E-state index in [9.17, 15) is 15.0 Å². The number of rotatable bonds is 3. The van der Waals surface area contributed by atoms with Gasteiger partial charge >= 0.3 is 5.97 Å². The minimum absolute atomic E-state index is 0.0294. The van der Waals surface area contributed by atoms with Crippen molar-refractivity contribution < 1.29 is 24.5 Å².